The van der Waals surface area contributed by atoms with Crippen LogP contribution in [0.15, 0.2) is 42.6 Å². The fourth-order valence-corrected chi connectivity index (χ4v) is 1.36. The minimum Gasteiger partial charge on any atom is -0.486 e. The molecule has 2 aromatic rings. The third-order valence-electron chi connectivity index (χ3n) is 2.24. The van der Waals surface area contributed by atoms with Gasteiger partial charge in [-0.05, 0) is 5.56 Å². The lowest BCUT2D eigenvalue weighted by Gasteiger charge is -2.08. The van der Waals surface area contributed by atoms with E-state index in [1.807, 2.05) is 30.3 Å². The van der Waals surface area contributed by atoms with Crippen LogP contribution in [0.25, 0.3) is 0 Å². The third kappa shape index (κ3) is 2.93. The summed E-state index contributed by atoms with van der Waals surface area (Å²) >= 11 is 0. The lowest BCUT2D eigenvalue weighted by Crippen LogP contribution is -1.98. The summed E-state index contributed by atoms with van der Waals surface area (Å²) in [6.07, 6.45) is 1.08. The summed E-state index contributed by atoms with van der Waals surface area (Å²) in [6.45, 7) is 0.310. The van der Waals surface area contributed by atoms with Gasteiger partial charge in [0.1, 0.15) is 6.61 Å². The average molecular weight is 233 g/mol. The lowest BCUT2D eigenvalue weighted by molar-refractivity contribution is 0.285. The van der Waals surface area contributed by atoms with E-state index in [-0.39, 0.29) is 5.75 Å². The quantitative estimate of drug-likeness (QED) is 0.813. The molecule has 0 unspecified atom stereocenters. The molecule has 17 heavy (non-hydrogen) atoms. The first kappa shape index (κ1) is 11.4. The molecule has 0 spiro atoms. The van der Waals surface area contributed by atoms with E-state index in [9.17, 15) is 4.39 Å². The monoisotopic (exact) mass is 233 g/mol. The van der Waals surface area contributed by atoms with Crippen LogP contribution in [-0.2, 0) is 6.61 Å². The van der Waals surface area contributed by atoms with E-state index in [0.717, 1.165) is 11.8 Å². The van der Waals surface area contributed by atoms with Crippen molar-refractivity contribution in [1.29, 1.82) is 0 Å². The molecular weight excluding hydrogens is 221 g/mol. The molecule has 0 N–H and O–H groups in total. The van der Waals surface area contributed by atoms with E-state index in [2.05, 4.69) is 4.98 Å². The lowest BCUT2D eigenvalue weighted by atomic mass is 10.2. The van der Waals surface area contributed by atoms with Crippen molar-refractivity contribution < 1.29 is 13.9 Å². The first-order chi connectivity index (χ1) is 8.29. The average Bonchev–Trinajstić information content (AvgIpc) is 2.39. The van der Waals surface area contributed by atoms with Gasteiger partial charge >= 0.3 is 0 Å². The van der Waals surface area contributed by atoms with Gasteiger partial charge in [0.25, 0.3) is 0 Å². The molecule has 0 atom stereocenters. The van der Waals surface area contributed by atoms with Crippen molar-refractivity contribution in [3.8, 4) is 11.6 Å². The Balaban J connectivity index is 2.08. The summed E-state index contributed by atoms with van der Waals surface area (Å²) in [5.74, 6) is -0.0307. The van der Waals surface area contributed by atoms with E-state index in [4.69, 9.17) is 9.47 Å². The smallest absolute Gasteiger partial charge is 0.216 e. The number of methoxy groups -OCH3 is 1. The number of halogens is 1. The molecule has 88 valence electrons. The zero-order chi connectivity index (χ0) is 12.1. The number of rotatable bonds is 4. The van der Waals surface area contributed by atoms with Crippen molar-refractivity contribution in [2.24, 2.45) is 0 Å². The molecule has 1 aromatic carbocycles. The fourth-order valence-electron chi connectivity index (χ4n) is 1.36. The van der Waals surface area contributed by atoms with Crippen molar-refractivity contribution in [3.63, 3.8) is 0 Å². The molecule has 0 aliphatic carbocycles. The first-order valence-corrected chi connectivity index (χ1v) is 5.16. The number of benzene rings is 1. The Kier molecular flexibility index (Phi) is 3.55. The molecule has 1 aromatic heterocycles. The number of pyridine rings is 1. The normalized spacial score (nSPS) is 10.0. The number of aromatic nitrogens is 1. The van der Waals surface area contributed by atoms with E-state index in [1.165, 1.54) is 13.2 Å². The second-order valence-corrected chi connectivity index (χ2v) is 3.43. The van der Waals surface area contributed by atoms with Crippen molar-refractivity contribution in [3.05, 3.63) is 54.0 Å². The molecule has 0 saturated heterocycles. The van der Waals surface area contributed by atoms with Crippen molar-refractivity contribution in [2.45, 2.75) is 6.61 Å². The van der Waals surface area contributed by atoms with E-state index in [0.29, 0.717) is 12.5 Å². The molecule has 0 aliphatic heterocycles. The first-order valence-electron chi connectivity index (χ1n) is 5.16. The zero-order valence-electron chi connectivity index (χ0n) is 9.39. The van der Waals surface area contributed by atoms with Gasteiger partial charge in [-0.1, -0.05) is 30.3 Å². The minimum absolute atomic E-state index is 0.140. The molecular formula is C13H12FNO2. The summed E-state index contributed by atoms with van der Waals surface area (Å²) in [5, 5.41) is 0. The molecule has 1 heterocycles. The molecule has 3 nitrogen and oxygen atoms in total. The van der Waals surface area contributed by atoms with Gasteiger partial charge in [-0.15, -0.1) is 0 Å². The van der Waals surface area contributed by atoms with Crippen LogP contribution in [0, 0.1) is 5.82 Å². The van der Waals surface area contributed by atoms with Crippen molar-refractivity contribution in [1.82, 2.24) is 4.98 Å². The van der Waals surface area contributed by atoms with Crippen molar-refractivity contribution >= 4 is 0 Å². The Morgan fingerprint density at radius 1 is 1.24 bits per heavy atom. The predicted octanol–water partition coefficient (Wildman–Crippen LogP) is 2.81. The van der Waals surface area contributed by atoms with Gasteiger partial charge in [0.2, 0.25) is 5.88 Å². The Bertz CT molecular complexity index is 488. The minimum atomic E-state index is -0.498. The highest BCUT2D eigenvalue weighted by Gasteiger charge is 2.06. The summed E-state index contributed by atoms with van der Waals surface area (Å²) < 4.78 is 23.6. The molecule has 4 heteroatoms. The standard InChI is InChI=1S/C13H12FNO2/c1-16-13-7-12(11(14)8-15-13)17-9-10-5-3-2-4-6-10/h2-8H,9H2,1H3. The highest BCUT2D eigenvalue weighted by molar-refractivity contribution is 5.28. The van der Waals surface area contributed by atoms with Crippen LogP contribution in [-0.4, -0.2) is 12.1 Å². The third-order valence-corrected chi connectivity index (χ3v) is 2.24. The topological polar surface area (TPSA) is 31.4 Å². The molecule has 0 aliphatic rings. The van der Waals surface area contributed by atoms with Crippen LogP contribution in [0.5, 0.6) is 11.6 Å². The number of hydrogen-bond acceptors (Lipinski definition) is 3. The maximum atomic E-state index is 13.4. The molecule has 0 amide bonds. The number of ether oxygens (including phenoxy) is 2. The van der Waals surface area contributed by atoms with Gasteiger partial charge in [-0.3, -0.25) is 0 Å². The predicted molar refractivity (Wildman–Crippen MR) is 61.5 cm³/mol. The van der Waals surface area contributed by atoms with E-state index < -0.39 is 5.82 Å². The van der Waals surface area contributed by atoms with Gasteiger partial charge in [-0.2, -0.15) is 0 Å². The number of nitrogens with zero attached hydrogens (tertiary/aromatic N) is 1. The van der Waals surface area contributed by atoms with Gasteiger partial charge in [0, 0.05) is 6.07 Å². The van der Waals surface area contributed by atoms with Crippen LogP contribution in [0.3, 0.4) is 0 Å². The van der Waals surface area contributed by atoms with E-state index in [1.54, 1.807) is 0 Å². The highest BCUT2D eigenvalue weighted by atomic mass is 19.1. The van der Waals surface area contributed by atoms with Crippen LogP contribution in [0.1, 0.15) is 5.56 Å². The second-order valence-electron chi connectivity index (χ2n) is 3.43. The Morgan fingerprint density at radius 3 is 2.71 bits per heavy atom. The van der Waals surface area contributed by atoms with Crippen LogP contribution < -0.4 is 9.47 Å². The Labute approximate surface area is 98.8 Å². The van der Waals surface area contributed by atoms with E-state index >= 15 is 0 Å². The summed E-state index contributed by atoms with van der Waals surface area (Å²) in [4.78, 5) is 3.74. The molecule has 0 radical (unpaired) electrons. The maximum absolute atomic E-state index is 13.4. The molecule has 0 bridgehead atoms. The van der Waals surface area contributed by atoms with Gasteiger partial charge < -0.3 is 9.47 Å². The Morgan fingerprint density at radius 2 is 2.00 bits per heavy atom. The summed E-state index contributed by atoms with van der Waals surface area (Å²) in [6, 6.07) is 11.0. The second kappa shape index (κ2) is 5.30. The summed E-state index contributed by atoms with van der Waals surface area (Å²) in [5.41, 5.74) is 0.975. The largest absolute Gasteiger partial charge is 0.486 e. The van der Waals surface area contributed by atoms with Gasteiger partial charge in [0.15, 0.2) is 11.6 Å². The van der Waals surface area contributed by atoms with Gasteiger partial charge in [0.05, 0.1) is 13.3 Å². The van der Waals surface area contributed by atoms with Crippen LogP contribution in [0.2, 0.25) is 0 Å². The fraction of sp³-hybridized carbons (Fsp3) is 0.154. The SMILES string of the molecule is COc1cc(OCc2ccccc2)c(F)cn1. The van der Waals surface area contributed by atoms with Crippen LogP contribution >= 0.6 is 0 Å². The Hall–Kier alpha value is -2.10. The zero-order valence-corrected chi connectivity index (χ0v) is 9.39. The maximum Gasteiger partial charge on any atom is 0.216 e. The van der Waals surface area contributed by atoms with Crippen molar-refractivity contribution in [2.75, 3.05) is 7.11 Å². The molecule has 0 saturated carbocycles. The molecule has 2 rings (SSSR count). The van der Waals surface area contributed by atoms with Gasteiger partial charge in [-0.25, -0.2) is 9.37 Å². The molecule has 0 fully saturated rings. The highest BCUT2D eigenvalue weighted by Crippen LogP contribution is 2.21. The summed E-state index contributed by atoms with van der Waals surface area (Å²) in [7, 11) is 1.47. The number of hydrogen-bond donors (Lipinski definition) is 0. The van der Waals surface area contributed by atoms with Crippen LogP contribution in [0.4, 0.5) is 4.39 Å².